The van der Waals surface area contributed by atoms with Crippen LogP contribution in [0.1, 0.15) is 11.1 Å². The first kappa shape index (κ1) is 14.6. The van der Waals surface area contributed by atoms with Crippen molar-refractivity contribution in [2.24, 2.45) is 0 Å². The maximum Gasteiger partial charge on any atom is 0.124 e. The molecular weight excluding hydrogens is 290 g/mol. The maximum absolute atomic E-state index is 9.32. The van der Waals surface area contributed by atoms with Gasteiger partial charge in [0.05, 0.1) is 30.1 Å². The number of ether oxygens (including phenoxy) is 1. The number of aromatic nitrogens is 2. The third kappa shape index (κ3) is 2.99. The Labute approximate surface area is 133 Å². The van der Waals surface area contributed by atoms with E-state index in [-0.39, 0.29) is 0 Å². The lowest BCUT2D eigenvalue weighted by Crippen LogP contribution is -2.03. The van der Waals surface area contributed by atoms with E-state index >= 15 is 0 Å². The molecule has 6 nitrogen and oxygen atoms in total. The zero-order valence-electron chi connectivity index (χ0n) is 12.6. The summed E-state index contributed by atoms with van der Waals surface area (Å²) in [4.78, 5) is 8.27. The number of hydrogen-bond acceptors (Lipinski definition) is 6. The van der Waals surface area contributed by atoms with Crippen molar-refractivity contribution in [1.29, 1.82) is 5.26 Å². The summed E-state index contributed by atoms with van der Waals surface area (Å²) in [5.41, 5.74) is 8.70. The second-order valence-electron chi connectivity index (χ2n) is 4.99. The highest BCUT2D eigenvalue weighted by molar-refractivity contribution is 5.94. The molecule has 0 atom stereocenters. The first-order valence-electron chi connectivity index (χ1n) is 7.02. The Hall–Kier alpha value is -3.33. The summed E-state index contributed by atoms with van der Waals surface area (Å²) in [5, 5.41) is 13.4. The molecule has 23 heavy (non-hydrogen) atoms. The number of methoxy groups -OCH3 is 1. The van der Waals surface area contributed by atoms with Crippen LogP contribution in [0.3, 0.4) is 0 Å². The predicted octanol–water partition coefficient (Wildman–Crippen LogP) is 2.70. The van der Waals surface area contributed by atoms with Crippen LogP contribution in [-0.2, 0) is 6.54 Å². The van der Waals surface area contributed by atoms with Crippen molar-refractivity contribution in [2.75, 3.05) is 18.2 Å². The molecule has 0 fully saturated rings. The van der Waals surface area contributed by atoms with Gasteiger partial charge in [-0.25, -0.2) is 4.98 Å². The van der Waals surface area contributed by atoms with Crippen molar-refractivity contribution >= 4 is 22.4 Å². The summed E-state index contributed by atoms with van der Waals surface area (Å²) in [5.74, 6) is 1.20. The van der Waals surface area contributed by atoms with Gasteiger partial charge in [0, 0.05) is 18.1 Å². The zero-order valence-corrected chi connectivity index (χ0v) is 12.6. The molecule has 1 aromatic carbocycles. The first-order valence-corrected chi connectivity index (χ1v) is 7.02. The third-order valence-electron chi connectivity index (χ3n) is 3.52. The first-order chi connectivity index (χ1) is 11.2. The monoisotopic (exact) mass is 305 g/mol. The van der Waals surface area contributed by atoms with E-state index in [1.165, 1.54) is 6.20 Å². The van der Waals surface area contributed by atoms with E-state index in [0.29, 0.717) is 29.1 Å². The Balaban J connectivity index is 1.94. The van der Waals surface area contributed by atoms with Crippen molar-refractivity contribution in [1.82, 2.24) is 9.97 Å². The third-order valence-corrected chi connectivity index (χ3v) is 3.52. The molecule has 0 spiro atoms. The van der Waals surface area contributed by atoms with E-state index in [4.69, 9.17) is 10.5 Å². The van der Waals surface area contributed by atoms with Crippen molar-refractivity contribution in [3.05, 3.63) is 53.9 Å². The van der Waals surface area contributed by atoms with Crippen LogP contribution in [0.2, 0.25) is 0 Å². The molecule has 0 bridgehead atoms. The molecule has 0 radical (unpaired) electrons. The number of nitrogen functional groups attached to an aromatic ring is 1. The van der Waals surface area contributed by atoms with Gasteiger partial charge in [-0.05, 0) is 23.8 Å². The number of hydrogen-bond donors (Lipinski definition) is 2. The molecule has 6 heteroatoms. The smallest absolute Gasteiger partial charge is 0.124 e. The fourth-order valence-electron chi connectivity index (χ4n) is 2.32. The SMILES string of the molecule is COc1ccc(CNc2c(C#N)cnc3cnc(N)cc23)cc1. The molecular formula is C17H15N5O. The van der Waals surface area contributed by atoms with Crippen LogP contribution in [0.5, 0.6) is 5.75 Å². The highest BCUT2D eigenvalue weighted by Gasteiger charge is 2.09. The van der Waals surface area contributed by atoms with Gasteiger partial charge in [0.2, 0.25) is 0 Å². The van der Waals surface area contributed by atoms with Crippen LogP contribution in [0.25, 0.3) is 10.9 Å². The van der Waals surface area contributed by atoms with Crippen LogP contribution < -0.4 is 15.8 Å². The van der Waals surface area contributed by atoms with Gasteiger partial charge in [0.1, 0.15) is 17.6 Å². The van der Waals surface area contributed by atoms with E-state index in [9.17, 15) is 5.26 Å². The minimum Gasteiger partial charge on any atom is -0.497 e. The minimum absolute atomic E-state index is 0.391. The Morgan fingerprint density at radius 2 is 2.00 bits per heavy atom. The summed E-state index contributed by atoms with van der Waals surface area (Å²) in [6.45, 7) is 0.569. The summed E-state index contributed by atoms with van der Waals surface area (Å²) in [7, 11) is 1.63. The van der Waals surface area contributed by atoms with Crippen molar-refractivity contribution in [3.63, 3.8) is 0 Å². The molecule has 0 amide bonds. The lowest BCUT2D eigenvalue weighted by atomic mass is 10.1. The highest BCUT2D eigenvalue weighted by atomic mass is 16.5. The van der Waals surface area contributed by atoms with E-state index in [1.54, 1.807) is 19.4 Å². The minimum atomic E-state index is 0.391. The van der Waals surface area contributed by atoms with Gasteiger partial charge in [-0.3, -0.25) is 4.98 Å². The Morgan fingerprint density at radius 1 is 1.22 bits per heavy atom. The fraction of sp³-hybridized carbons (Fsp3) is 0.118. The predicted molar refractivity (Wildman–Crippen MR) is 89.0 cm³/mol. The average Bonchev–Trinajstić information content (AvgIpc) is 2.60. The largest absolute Gasteiger partial charge is 0.497 e. The molecule has 114 valence electrons. The summed E-state index contributed by atoms with van der Waals surface area (Å²) in [6.07, 6.45) is 3.14. The number of rotatable bonds is 4. The van der Waals surface area contributed by atoms with Crippen LogP contribution in [0.4, 0.5) is 11.5 Å². The molecule has 3 rings (SSSR count). The molecule has 0 saturated carbocycles. The van der Waals surface area contributed by atoms with Crippen molar-refractivity contribution in [2.45, 2.75) is 6.54 Å². The quantitative estimate of drug-likeness (QED) is 0.769. The average molecular weight is 305 g/mol. The lowest BCUT2D eigenvalue weighted by molar-refractivity contribution is 0.414. The fourth-order valence-corrected chi connectivity index (χ4v) is 2.32. The summed E-state index contributed by atoms with van der Waals surface area (Å²) < 4.78 is 5.15. The Kier molecular flexibility index (Phi) is 3.93. The van der Waals surface area contributed by atoms with Gasteiger partial charge < -0.3 is 15.8 Å². The molecule has 0 aliphatic heterocycles. The second kappa shape index (κ2) is 6.20. The number of nitriles is 1. The molecule has 0 unspecified atom stereocenters. The van der Waals surface area contributed by atoms with Gasteiger partial charge >= 0.3 is 0 Å². The number of anilines is 2. The van der Waals surface area contributed by atoms with Crippen molar-refractivity contribution < 1.29 is 4.74 Å². The van der Waals surface area contributed by atoms with Gasteiger partial charge in [0.15, 0.2) is 0 Å². The number of fused-ring (bicyclic) bond motifs is 1. The highest BCUT2D eigenvalue weighted by Crippen LogP contribution is 2.27. The number of benzene rings is 1. The van der Waals surface area contributed by atoms with Gasteiger partial charge in [-0.15, -0.1) is 0 Å². The van der Waals surface area contributed by atoms with Crippen LogP contribution in [0, 0.1) is 11.3 Å². The number of nitrogens with two attached hydrogens (primary N) is 1. The molecule has 0 aliphatic carbocycles. The molecule has 3 aromatic rings. The normalized spacial score (nSPS) is 10.3. The van der Waals surface area contributed by atoms with E-state index in [0.717, 1.165) is 16.7 Å². The van der Waals surface area contributed by atoms with Crippen LogP contribution >= 0.6 is 0 Å². The Morgan fingerprint density at radius 3 is 2.70 bits per heavy atom. The number of nitrogens with zero attached hydrogens (tertiary/aromatic N) is 3. The van der Waals surface area contributed by atoms with Gasteiger partial charge in [-0.2, -0.15) is 5.26 Å². The Bertz CT molecular complexity index is 884. The molecule has 0 saturated heterocycles. The zero-order chi connectivity index (χ0) is 16.2. The summed E-state index contributed by atoms with van der Waals surface area (Å²) in [6, 6.07) is 11.6. The van der Waals surface area contributed by atoms with Crippen molar-refractivity contribution in [3.8, 4) is 11.8 Å². The number of nitrogens with one attached hydrogen (secondary N) is 1. The van der Waals surface area contributed by atoms with Crippen LogP contribution in [-0.4, -0.2) is 17.1 Å². The van der Waals surface area contributed by atoms with E-state index in [2.05, 4.69) is 21.4 Å². The standard InChI is InChI=1S/C17H15N5O/c1-23-13-4-2-11(3-5-13)8-22-17-12(7-18)9-20-15-10-21-16(19)6-14(15)17/h2-6,9-10H,8H2,1H3,(H2,19,21)(H,20,22). The molecule has 2 aromatic heterocycles. The topological polar surface area (TPSA) is 96.8 Å². The number of pyridine rings is 2. The molecule has 3 N–H and O–H groups in total. The second-order valence-corrected chi connectivity index (χ2v) is 4.99. The maximum atomic E-state index is 9.32. The summed E-state index contributed by atoms with van der Waals surface area (Å²) >= 11 is 0. The van der Waals surface area contributed by atoms with E-state index in [1.807, 2.05) is 24.3 Å². The van der Waals surface area contributed by atoms with Gasteiger partial charge in [0.25, 0.3) is 0 Å². The van der Waals surface area contributed by atoms with Gasteiger partial charge in [-0.1, -0.05) is 12.1 Å². The van der Waals surface area contributed by atoms with Crippen LogP contribution in [0.15, 0.2) is 42.7 Å². The lowest BCUT2D eigenvalue weighted by Gasteiger charge is -2.12. The molecule has 2 heterocycles. The molecule has 0 aliphatic rings. The van der Waals surface area contributed by atoms with E-state index < -0.39 is 0 Å².